The van der Waals surface area contributed by atoms with Crippen molar-refractivity contribution in [3.63, 3.8) is 0 Å². The lowest BCUT2D eigenvalue weighted by molar-refractivity contribution is 0.604. The smallest absolute Gasteiger partial charge is 0.0792 e. The van der Waals surface area contributed by atoms with Crippen LogP contribution in [0.3, 0.4) is 0 Å². The third-order valence-electron chi connectivity index (χ3n) is 6.35. The third-order valence-corrected chi connectivity index (χ3v) is 11.6. The molecule has 7 rings (SSSR count). The van der Waals surface area contributed by atoms with Crippen LogP contribution in [0.4, 0.5) is 0 Å². The Bertz CT molecular complexity index is 1610. The maximum atomic E-state index is 2.70. The van der Waals surface area contributed by atoms with Crippen LogP contribution in [-0.2, 0) is 6.54 Å². The van der Waals surface area contributed by atoms with Crippen LogP contribution in [-0.4, -0.2) is 4.57 Å². The Morgan fingerprint density at radius 3 is 1.65 bits per heavy atom. The number of rotatable bonds is 5. The van der Waals surface area contributed by atoms with Gasteiger partial charge in [-0.15, -0.1) is 45.3 Å². The summed E-state index contributed by atoms with van der Waals surface area (Å²) in [6.45, 7) is 3.42. The van der Waals surface area contributed by atoms with Gasteiger partial charge in [-0.3, -0.25) is 0 Å². The number of hydrogen-bond donors (Lipinski definition) is 0. The first-order chi connectivity index (χ1) is 15.3. The molecule has 2 aromatic carbocycles. The van der Waals surface area contributed by atoms with Crippen LogP contribution in [0.5, 0.6) is 0 Å². The van der Waals surface area contributed by atoms with Gasteiger partial charge >= 0.3 is 0 Å². The molecular formula is C26H21NS4. The fraction of sp³-hybridized carbons (Fsp3) is 0.231. The van der Waals surface area contributed by atoms with E-state index in [9.17, 15) is 0 Å². The Labute approximate surface area is 196 Å². The van der Waals surface area contributed by atoms with E-state index >= 15 is 0 Å². The summed E-state index contributed by atoms with van der Waals surface area (Å²) >= 11 is 8.01. The van der Waals surface area contributed by atoms with Gasteiger partial charge in [0.2, 0.25) is 0 Å². The van der Waals surface area contributed by atoms with E-state index in [1.165, 1.54) is 85.1 Å². The molecule has 0 radical (unpaired) electrons. The van der Waals surface area contributed by atoms with E-state index in [1.807, 2.05) is 45.3 Å². The highest BCUT2D eigenvalue weighted by atomic mass is 32.1. The number of aromatic nitrogens is 1. The molecule has 5 aromatic heterocycles. The Morgan fingerprint density at radius 2 is 1.10 bits per heavy atom. The summed E-state index contributed by atoms with van der Waals surface area (Å²) in [5.74, 6) is 0. The van der Waals surface area contributed by atoms with E-state index in [1.54, 1.807) is 0 Å². The number of aryl methyl sites for hydroxylation is 1. The van der Waals surface area contributed by atoms with Crippen molar-refractivity contribution in [2.75, 3.05) is 0 Å². The van der Waals surface area contributed by atoms with Gasteiger partial charge in [-0.25, -0.2) is 0 Å². The summed E-state index contributed by atoms with van der Waals surface area (Å²) in [7, 11) is 0. The monoisotopic (exact) mass is 475 g/mol. The van der Waals surface area contributed by atoms with Crippen LogP contribution in [0.15, 0.2) is 48.5 Å². The molecule has 0 amide bonds. The van der Waals surface area contributed by atoms with Gasteiger partial charge in [-0.1, -0.05) is 62.6 Å². The highest BCUT2D eigenvalue weighted by Gasteiger charge is 2.24. The van der Waals surface area contributed by atoms with Crippen molar-refractivity contribution < 1.29 is 0 Å². The molecule has 154 valence electrons. The van der Waals surface area contributed by atoms with E-state index in [-0.39, 0.29) is 0 Å². The van der Waals surface area contributed by atoms with Crippen LogP contribution < -0.4 is 0 Å². The van der Waals surface area contributed by atoms with Crippen LogP contribution in [0.2, 0.25) is 0 Å². The molecule has 5 heteroatoms. The second-order valence-corrected chi connectivity index (χ2v) is 12.4. The second-order valence-electron chi connectivity index (χ2n) is 8.28. The summed E-state index contributed by atoms with van der Waals surface area (Å²) in [6.07, 6.45) is 5.19. The number of unbranched alkanes of at least 4 members (excludes halogenated alkanes) is 3. The molecule has 0 aliphatic carbocycles. The van der Waals surface area contributed by atoms with Gasteiger partial charge < -0.3 is 4.57 Å². The normalized spacial score (nSPS) is 12.7. The molecule has 7 aromatic rings. The van der Waals surface area contributed by atoms with Gasteiger partial charge in [0.1, 0.15) is 0 Å². The van der Waals surface area contributed by atoms with E-state index in [2.05, 4.69) is 60.0 Å². The Balaban J connectivity index is 1.59. The fourth-order valence-electron chi connectivity index (χ4n) is 4.90. The van der Waals surface area contributed by atoms with Crippen LogP contribution in [0, 0.1) is 0 Å². The minimum atomic E-state index is 1.13. The minimum absolute atomic E-state index is 1.13. The molecule has 0 bridgehead atoms. The van der Waals surface area contributed by atoms with Gasteiger partial charge in [0.05, 0.1) is 39.2 Å². The number of hydrogen-bond acceptors (Lipinski definition) is 4. The molecule has 0 saturated heterocycles. The molecule has 0 N–H and O–H groups in total. The van der Waals surface area contributed by atoms with Gasteiger partial charge in [0.25, 0.3) is 0 Å². The zero-order valence-electron chi connectivity index (χ0n) is 17.2. The molecule has 0 aliphatic rings. The third kappa shape index (κ3) is 2.58. The van der Waals surface area contributed by atoms with Gasteiger partial charge in [0, 0.05) is 26.7 Å². The summed E-state index contributed by atoms with van der Waals surface area (Å²) in [6, 6.07) is 17.9. The second kappa shape index (κ2) is 7.04. The predicted molar refractivity (Wildman–Crippen MR) is 145 cm³/mol. The molecule has 5 heterocycles. The lowest BCUT2D eigenvalue weighted by atomic mass is 10.2. The Kier molecular flexibility index (Phi) is 4.23. The van der Waals surface area contributed by atoms with Crippen LogP contribution in [0.25, 0.3) is 59.4 Å². The van der Waals surface area contributed by atoms with Crippen molar-refractivity contribution in [3.05, 3.63) is 48.5 Å². The Morgan fingerprint density at radius 1 is 0.581 bits per heavy atom. The average molecular weight is 476 g/mol. The van der Waals surface area contributed by atoms with Gasteiger partial charge in [0.15, 0.2) is 0 Å². The van der Waals surface area contributed by atoms with Crippen molar-refractivity contribution in [3.8, 4) is 0 Å². The van der Waals surface area contributed by atoms with E-state index < -0.39 is 0 Å². The number of benzene rings is 2. The highest BCUT2D eigenvalue weighted by molar-refractivity contribution is 7.41. The van der Waals surface area contributed by atoms with Gasteiger partial charge in [-0.2, -0.15) is 0 Å². The average Bonchev–Trinajstić information content (AvgIpc) is 3.54. The van der Waals surface area contributed by atoms with Crippen molar-refractivity contribution in [2.45, 2.75) is 39.2 Å². The standard InChI is InChI=1S/C26H21NS4/c1-2-3-4-9-14-27-19-23-21(15-10-5-7-12-17(15)28-23)30-25(19)26-20(27)24-22(31-26)16-11-6-8-13-18(16)29-24/h5-8,10-13H,2-4,9,14H2,1H3. The SMILES string of the molecule is CCCCCCn1c2c3sc4ccccc4c3sc2c2sc3c4ccccc4sc3c21. The van der Waals surface area contributed by atoms with E-state index in [0.29, 0.717) is 0 Å². The zero-order valence-corrected chi connectivity index (χ0v) is 20.5. The van der Waals surface area contributed by atoms with E-state index in [4.69, 9.17) is 0 Å². The molecule has 0 atom stereocenters. The molecule has 0 fully saturated rings. The van der Waals surface area contributed by atoms with Gasteiger partial charge in [-0.05, 0) is 18.6 Å². The largest absolute Gasteiger partial charge is 0.337 e. The van der Waals surface area contributed by atoms with Crippen LogP contribution >= 0.6 is 45.3 Å². The molecule has 0 aliphatic heterocycles. The first kappa shape index (κ1) is 18.6. The van der Waals surface area contributed by atoms with Crippen LogP contribution in [0.1, 0.15) is 32.6 Å². The Hall–Kier alpha value is -1.92. The van der Waals surface area contributed by atoms with Crippen molar-refractivity contribution in [1.29, 1.82) is 0 Å². The first-order valence-electron chi connectivity index (χ1n) is 11.0. The molecule has 1 nitrogen and oxygen atoms in total. The molecule has 0 unspecified atom stereocenters. The molecule has 0 saturated carbocycles. The molecular weight excluding hydrogens is 455 g/mol. The van der Waals surface area contributed by atoms with Crippen molar-refractivity contribution in [1.82, 2.24) is 4.57 Å². The van der Waals surface area contributed by atoms with E-state index in [0.717, 1.165) is 6.54 Å². The predicted octanol–water partition coefficient (Wildman–Crippen LogP) is 10.2. The quantitative estimate of drug-likeness (QED) is 0.218. The number of nitrogens with zero attached hydrogens (tertiary/aromatic N) is 1. The summed E-state index contributed by atoms with van der Waals surface area (Å²) in [5, 5.41) is 2.86. The highest BCUT2D eigenvalue weighted by Crippen LogP contribution is 2.53. The first-order valence-corrected chi connectivity index (χ1v) is 14.3. The lowest BCUT2D eigenvalue weighted by Crippen LogP contribution is -1.96. The summed E-state index contributed by atoms with van der Waals surface area (Å²) < 4.78 is 14.5. The van der Waals surface area contributed by atoms with Crippen molar-refractivity contribution in [2.24, 2.45) is 0 Å². The zero-order chi connectivity index (χ0) is 20.5. The maximum Gasteiger partial charge on any atom is 0.0792 e. The molecule has 31 heavy (non-hydrogen) atoms. The fourth-order valence-corrected chi connectivity index (χ4v) is 10.6. The summed E-state index contributed by atoms with van der Waals surface area (Å²) in [4.78, 5) is 0. The van der Waals surface area contributed by atoms with Crippen molar-refractivity contribution >= 4 is 105 Å². The summed E-state index contributed by atoms with van der Waals surface area (Å²) in [5.41, 5.74) is 3.00. The number of thiophene rings is 4. The molecule has 0 spiro atoms. The lowest BCUT2D eigenvalue weighted by Gasteiger charge is -2.06. The number of fused-ring (bicyclic) bond motifs is 11. The topological polar surface area (TPSA) is 4.93 Å². The maximum absolute atomic E-state index is 2.70. The minimum Gasteiger partial charge on any atom is -0.337 e.